The Hall–Kier alpha value is -1.38. The van der Waals surface area contributed by atoms with Gasteiger partial charge >= 0.3 is 0 Å². The van der Waals surface area contributed by atoms with Crippen LogP contribution in [0.3, 0.4) is 0 Å². The van der Waals surface area contributed by atoms with Crippen molar-refractivity contribution in [2.24, 2.45) is 0 Å². The Kier molecular flexibility index (Phi) is 4.05. The summed E-state index contributed by atoms with van der Waals surface area (Å²) < 4.78 is 13.3. The van der Waals surface area contributed by atoms with Crippen LogP contribution in [0.1, 0.15) is 32.8 Å². The summed E-state index contributed by atoms with van der Waals surface area (Å²) >= 11 is 0. The Morgan fingerprint density at radius 1 is 1.38 bits per heavy atom. The van der Waals surface area contributed by atoms with E-state index >= 15 is 0 Å². The van der Waals surface area contributed by atoms with Gasteiger partial charge in [-0.15, -0.1) is 0 Å². The molecule has 0 unspecified atom stereocenters. The van der Waals surface area contributed by atoms with E-state index in [0.29, 0.717) is 5.56 Å². The van der Waals surface area contributed by atoms with E-state index in [0.717, 1.165) is 6.42 Å². The number of hydrogen-bond acceptors (Lipinski definition) is 1. The molecule has 1 aromatic carbocycles. The molecular formula is C13H18FNO. The molecule has 0 aliphatic heterocycles. The third-order valence-electron chi connectivity index (χ3n) is 2.67. The molecular weight excluding hydrogens is 205 g/mol. The highest BCUT2D eigenvalue weighted by Crippen LogP contribution is 2.10. The van der Waals surface area contributed by atoms with Crippen molar-refractivity contribution in [1.82, 2.24) is 5.32 Å². The molecule has 0 bridgehead atoms. The molecule has 1 amide bonds. The van der Waals surface area contributed by atoms with E-state index in [2.05, 4.69) is 5.32 Å². The number of halogens is 1. The van der Waals surface area contributed by atoms with Crippen LogP contribution in [0.2, 0.25) is 0 Å². The Bertz CT molecular complexity index is 374. The van der Waals surface area contributed by atoms with Crippen LogP contribution in [-0.4, -0.2) is 11.4 Å². The van der Waals surface area contributed by atoms with E-state index in [1.165, 1.54) is 6.07 Å². The van der Waals surface area contributed by atoms with E-state index in [-0.39, 0.29) is 23.7 Å². The van der Waals surface area contributed by atoms with Crippen LogP contribution < -0.4 is 5.32 Å². The first-order chi connectivity index (χ1) is 7.44. The molecule has 16 heavy (non-hydrogen) atoms. The van der Waals surface area contributed by atoms with Crippen LogP contribution in [-0.2, 0) is 11.2 Å². The fourth-order valence-electron chi connectivity index (χ4n) is 1.32. The van der Waals surface area contributed by atoms with Crippen molar-refractivity contribution in [1.29, 1.82) is 0 Å². The molecule has 0 aliphatic rings. The first kappa shape index (κ1) is 12.7. The van der Waals surface area contributed by atoms with Gasteiger partial charge in [-0.1, -0.05) is 25.1 Å². The maximum atomic E-state index is 13.3. The summed E-state index contributed by atoms with van der Waals surface area (Å²) in [4.78, 5) is 11.7. The molecule has 0 aromatic heterocycles. The highest BCUT2D eigenvalue weighted by atomic mass is 19.1. The number of rotatable bonds is 4. The van der Waals surface area contributed by atoms with Gasteiger partial charge in [0, 0.05) is 5.54 Å². The maximum Gasteiger partial charge on any atom is 0.224 e. The van der Waals surface area contributed by atoms with Gasteiger partial charge in [0.05, 0.1) is 6.42 Å². The van der Waals surface area contributed by atoms with E-state index in [1.54, 1.807) is 18.2 Å². The first-order valence-corrected chi connectivity index (χ1v) is 5.49. The molecule has 1 N–H and O–H groups in total. The largest absolute Gasteiger partial charge is 0.351 e. The Morgan fingerprint density at radius 3 is 2.56 bits per heavy atom. The SMILES string of the molecule is CCC(C)(C)NC(=O)Cc1ccccc1F. The van der Waals surface area contributed by atoms with Crippen molar-refractivity contribution in [3.05, 3.63) is 35.6 Å². The molecule has 0 aliphatic carbocycles. The third kappa shape index (κ3) is 3.65. The van der Waals surface area contributed by atoms with Crippen LogP contribution in [0.15, 0.2) is 24.3 Å². The van der Waals surface area contributed by atoms with Gasteiger partial charge in [-0.25, -0.2) is 4.39 Å². The second-order valence-electron chi connectivity index (χ2n) is 4.55. The Morgan fingerprint density at radius 2 is 2.00 bits per heavy atom. The quantitative estimate of drug-likeness (QED) is 0.835. The predicted octanol–water partition coefficient (Wildman–Crippen LogP) is 2.67. The monoisotopic (exact) mass is 223 g/mol. The van der Waals surface area contributed by atoms with Crippen LogP contribution in [0.25, 0.3) is 0 Å². The van der Waals surface area contributed by atoms with Crippen molar-refractivity contribution in [3.63, 3.8) is 0 Å². The third-order valence-corrected chi connectivity index (χ3v) is 2.67. The van der Waals surface area contributed by atoms with Crippen LogP contribution in [0, 0.1) is 5.82 Å². The average Bonchev–Trinajstić information content (AvgIpc) is 2.21. The molecule has 88 valence electrons. The van der Waals surface area contributed by atoms with Gasteiger partial charge in [-0.2, -0.15) is 0 Å². The zero-order valence-electron chi connectivity index (χ0n) is 10.0. The fraction of sp³-hybridized carbons (Fsp3) is 0.462. The number of benzene rings is 1. The summed E-state index contributed by atoms with van der Waals surface area (Å²) in [6.45, 7) is 5.90. The average molecular weight is 223 g/mol. The van der Waals surface area contributed by atoms with Gasteiger partial charge < -0.3 is 5.32 Å². The topological polar surface area (TPSA) is 29.1 Å². The molecule has 0 heterocycles. The molecule has 0 saturated carbocycles. The number of amides is 1. The van der Waals surface area contributed by atoms with Crippen molar-refractivity contribution >= 4 is 5.91 Å². The molecule has 0 fully saturated rings. The van der Waals surface area contributed by atoms with Gasteiger partial charge in [-0.05, 0) is 31.9 Å². The number of carbonyl (C=O) groups excluding carboxylic acids is 1. The molecule has 0 saturated heterocycles. The van der Waals surface area contributed by atoms with Crippen molar-refractivity contribution in [2.75, 3.05) is 0 Å². The molecule has 1 aromatic rings. The molecule has 1 rings (SSSR count). The molecule has 2 nitrogen and oxygen atoms in total. The summed E-state index contributed by atoms with van der Waals surface area (Å²) in [5, 5.41) is 2.88. The zero-order chi connectivity index (χ0) is 12.2. The highest BCUT2D eigenvalue weighted by molar-refractivity contribution is 5.79. The lowest BCUT2D eigenvalue weighted by molar-refractivity contribution is -0.122. The smallest absolute Gasteiger partial charge is 0.224 e. The molecule has 3 heteroatoms. The van der Waals surface area contributed by atoms with E-state index < -0.39 is 0 Å². The van der Waals surface area contributed by atoms with Gasteiger partial charge in [0.25, 0.3) is 0 Å². The second-order valence-corrected chi connectivity index (χ2v) is 4.55. The van der Waals surface area contributed by atoms with Gasteiger partial charge in [0.2, 0.25) is 5.91 Å². The lowest BCUT2D eigenvalue weighted by atomic mass is 10.0. The number of hydrogen-bond donors (Lipinski definition) is 1. The lowest BCUT2D eigenvalue weighted by Crippen LogP contribution is -2.43. The maximum absolute atomic E-state index is 13.3. The van der Waals surface area contributed by atoms with E-state index in [1.807, 2.05) is 20.8 Å². The molecule has 0 radical (unpaired) electrons. The summed E-state index contributed by atoms with van der Waals surface area (Å²) in [6, 6.07) is 6.35. The number of nitrogens with one attached hydrogen (secondary N) is 1. The van der Waals surface area contributed by atoms with Crippen molar-refractivity contribution in [3.8, 4) is 0 Å². The van der Waals surface area contributed by atoms with Crippen molar-refractivity contribution in [2.45, 2.75) is 39.2 Å². The van der Waals surface area contributed by atoms with E-state index in [4.69, 9.17) is 0 Å². The molecule has 0 atom stereocenters. The minimum absolute atomic E-state index is 0.0934. The first-order valence-electron chi connectivity index (χ1n) is 5.49. The normalized spacial score (nSPS) is 11.2. The van der Waals surface area contributed by atoms with Crippen LogP contribution in [0.5, 0.6) is 0 Å². The minimum Gasteiger partial charge on any atom is -0.351 e. The van der Waals surface area contributed by atoms with Crippen LogP contribution in [0.4, 0.5) is 4.39 Å². The van der Waals surface area contributed by atoms with Gasteiger partial charge in [0.15, 0.2) is 0 Å². The fourth-order valence-corrected chi connectivity index (χ4v) is 1.32. The standard InChI is InChI=1S/C13H18FNO/c1-4-13(2,3)15-12(16)9-10-7-5-6-8-11(10)14/h5-8H,4,9H2,1-3H3,(H,15,16). The highest BCUT2D eigenvalue weighted by Gasteiger charge is 2.18. The predicted molar refractivity (Wildman–Crippen MR) is 62.6 cm³/mol. The number of carbonyl (C=O) groups is 1. The summed E-state index contributed by atoms with van der Waals surface area (Å²) in [5.41, 5.74) is 0.203. The molecule has 0 spiro atoms. The zero-order valence-corrected chi connectivity index (χ0v) is 10.0. The van der Waals surface area contributed by atoms with Crippen molar-refractivity contribution < 1.29 is 9.18 Å². The summed E-state index contributed by atoms with van der Waals surface area (Å²) in [7, 11) is 0. The lowest BCUT2D eigenvalue weighted by Gasteiger charge is -2.24. The second kappa shape index (κ2) is 5.10. The van der Waals surface area contributed by atoms with Gasteiger partial charge in [-0.3, -0.25) is 4.79 Å². The van der Waals surface area contributed by atoms with Gasteiger partial charge in [0.1, 0.15) is 5.82 Å². The Balaban J connectivity index is 2.62. The minimum atomic E-state index is -0.327. The Labute approximate surface area is 95.9 Å². The summed E-state index contributed by atoms with van der Waals surface area (Å²) in [6.07, 6.45) is 0.937. The summed E-state index contributed by atoms with van der Waals surface area (Å²) in [5.74, 6) is -0.469. The van der Waals surface area contributed by atoms with E-state index in [9.17, 15) is 9.18 Å². The van der Waals surface area contributed by atoms with Crippen LogP contribution >= 0.6 is 0 Å².